The SMILES string of the molecule is CC(Nc1ccc(F)cc1F)c1ccc(F)cc1Br. The van der Waals surface area contributed by atoms with Gasteiger partial charge < -0.3 is 5.32 Å². The summed E-state index contributed by atoms with van der Waals surface area (Å²) < 4.78 is 39.9. The fraction of sp³-hybridized carbons (Fsp3) is 0.143. The second-order valence-electron chi connectivity index (χ2n) is 4.16. The molecule has 0 fully saturated rings. The Hall–Kier alpha value is -1.49. The van der Waals surface area contributed by atoms with Crippen LogP contribution in [0.1, 0.15) is 18.5 Å². The van der Waals surface area contributed by atoms with Crippen LogP contribution < -0.4 is 5.32 Å². The van der Waals surface area contributed by atoms with Crippen LogP contribution in [-0.2, 0) is 0 Å². The minimum atomic E-state index is -0.662. The van der Waals surface area contributed by atoms with Crippen molar-refractivity contribution in [1.29, 1.82) is 0 Å². The summed E-state index contributed by atoms with van der Waals surface area (Å²) in [6, 6.07) is 7.35. The molecule has 100 valence electrons. The highest BCUT2D eigenvalue weighted by atomic mass is 79.9. The minimum absolute atomic E-state index is 0.199. The van der Waals surface area contributed by atoms with Crippen LogP contribution in [0.5, 0.6) is 0 Å². The van der Waals surface area contributed by atoms with Crippen LogP contribution in [-0.4, -0.2) is 0 Å². The average Bonchev–Trinajstić information content (AvgIpc) is 2.32. The predicted molar refractivity (Wildman–Crippen MR) is 72.5 cm³/mol. The Bertz CT molecular complexity index is 601. The van der Waals surface area contributed by atoms with E-state index in [9.17, 15) is 13.2 Å². The molecule has 0 aliphatic carbocycles. The maximum Gasteiger partial charge on any atom is 0.149 e. The topological polar surface area (TPSA) is 12.0 Å². The molecule has 5 heteroatoms. The highest BCUT2D eigenvalue weighted by Crippen LogP contribution is 2.28. The standard InChI is InChI=1S/C14H11BrF3N/c1-8(11-4-2-9(16)6-12(11)15)19-14-5-3-10(17)7-13(14)18/h2-8,19H,1H3. The smallest absolute Gasteiger partial charge is 0.149 e. The first-order chi connectivity index (χ1) is 8.97. The second-order valence-corrected chi connectivity index (χ2v) is 5.01. The van der Waals surface area contributed by atoms with Crippen molar-refractivity contribution in [2.24, 2.45) is 0 Å². The van der Waals surface area contributed by atoms with Gasteiger partial charge in [0, 0.05) is 16.6 Å². The number of nitrogens with one attached hydrogen (secondary N) is 1. The number of anilines is 1. The highest BCUT2D eigenvalue weighted by Gasteiger charge is 2.12. The Morgan fingerprint density at radius 1 is 1.00 bits per heavy atom. The van der Waals surface area contributed by atoms with Gasteiger partial charge in [-0.2, -0.15) is 0 Å². The molecule has 0 spiro atoms. The van der Waals surface area contributed by atoms with Crippen molar-refractivity contribution in [2.75, 3.05) is 5.32 Å². The minimum Gasteiger partial charge on any atom is -0.376 e. The largest absolute Gasteiger partial charge is 0.376 e. The zero-order valence-electron chi connectivity index (χ0n) is 10.1. The fourth-order valence-electron chi connectivity index (χ4n) is 1.77. The molecule has 0 saturated carbocycles. The molecule has 0 heterocycles. The first-order valence-electron chi connectivity index (χ1n) is 5.64. The third-order valence-electron chi connectivity index (χ3n) is 2.73. The van der Waals surface area contributed by atoms with E-state index < -0.39 is 11.6 Å². The molecule has 19 heavy (non-hydrogen) atoms. The van der Waals surface area contributed by atoms with Crippen LogP contribution in [0.4, 0.5) is 18.9 Å². The van der Waals surface area contributed by atoms with Crippen molar-refractivity contribution >= 4 is 21.6 Å². The van der Waals surface area contributed by atoms with Gasteiger partial charge in [-0.3, -0.25) is 0 Å². The number of hydrogen-bond acceptors (Lipinski definition) is 1. The molecule has 0 aliphatic heterocycles. The zero-order valence-corrected chi connectivity index (χ0v) is 11.6. The van der Waals surface area contributed by atoms with Crippen molar-refractivity contribution in [3.63, 3.8) is 0 Å². The van der Waals surface area contributed by atoms with Crippen molar-refractivity contribution < 1.29 is 13.2 Å². The lowest BCUT2D eigenvalue weighted by molar-refractivity contribution is 0.583. The normalized spacial score (nSPS) is 12.3. The van der Waals surface area contributed by atoms with E-state index in [4.69, 9.17) is 0 Å². The molecule has 1 unspecified atom stereocenters. The van der Waals surface area contributed by atoms with E-state index in [1.807, 2.05) is 0 Å². The number of benzene rings is 2. The van der Waals surface area contributed by atoms with Crippen LogP contribution in [0.25, 0.3) is 0 Å². The maximum absolute atomic E-state index is 13.5. The first kappa shape index (κ1) is 13.9. The van der Waals surface area contributed by atoms with Gasteiger partial charge in [-0.15, -0.1) is 0 Å². The molecule has 1 atom stereocenters. The first-order valence-corrected chi connectivity index (χ1v) is 6.43. The summed E-state index contributed by atoms with van der Waals surface area (Å²) >= 11 is 3.26. The monoisotopic (exact) mass is 329 g/mol. The van der Waals surface area contributed by atoms with E-state index in [1.165, 1.54) is 24.3 Å². The lowest BCUT2D eigenvalue weighted by Gasteiger charge is -2.17. The molecule has 2 rings (SSSR count). The Labute approximate surface area is 117 Å². The summed E-state index contributed by atoms with van der Waals surface area (Å²) in [5, 5.41) is 2.92. The third kappa shape index (κ3) is 3.29. The van der Waals surface area contributed by atoms with Gasteiger partial charge in [-0.05, 0) is 36.8 Å². The van der Waals surface area contributed by atoms with Gasteiger partial charge in [-0.25, -0.2) is 13.2 Å². The van der Waals surface area contributed by atoms with Crippen molar-refractivity contribution in [3.05, 3.63) is 63.9 Å². The second kappa shape index (κ2) is 5.65. The van der Waals surface area contributed by atoms with Crippen LogP contribution in [0.15, 0.2) is 40.9 Å². The highest BCUT2D eigenvalue weighted by molar-refractivity contribution is 9.10. The van der Waals surface area contributed by atoms with Gasteiger partial charge >= 0.3 is 0 Å². The molecule has 0 aliphatic rings. The molecular formula is C14H11BrF3N. The Morgan fingerprint density at radius 3 is 2.26 bits per heavy atom. The summed E-state index contributed by atoms with van der Waals surface area (Å²) in [5.41, 5.74) is 0.982. The van der Waals surface area contributed by atoms with Crippen molar-refractivity contribution in [1.82, 2.24) is 0 Å². The summed E-state index contributed by atoms with van der Waals surface area (Å²) in [4.78, 5) is 0. The van der Waals surface area contributed by atoms with E-state index in [0.29, 0.717) is 4.47 Å². The van der Waals surface area contributed by atoms with Crippen LogP contribution >= 0.6 is 15.9 Å². The molecule has 2 aromatic carbocycles. The van der Waals surface area contributed by atoms with Gasteiger partial charge in [0.2, 0.25) is 0 Å². The molecule has 0 aromatic heterocycles. The lowest BCUT2D eigenvalue weighted by atomic mass is 10.1. The number of hydrogen-bond donors (Lipinski definition) is 1. The van der Waals surface area contributed by atoms with Crippen molar-refractivity contribution in [2.45, 2.75) is 13.0 Å². The van der Waals surface area contributed by atoms with E-state index in [2.05, 4.69) is 21.2 Å². The number of halogens is 4. The van der Waals surface area contributed by atoms with E-state index in [1.54, 1.807) is 13.0 Å². The van der Waals surface area contributed by atoms with E-state index in [0.717, 1.165) is 11.6 Å². The molecule has 0 amide bonds. The Kier molecular flexibility index (Phi) is 4.14. The molecule has 1 nitrogen and oxygen atoms in total. The van der Waals surface area contributed by atoms with Gasteiger partial charge in [0.1, 0.15) is 17.5 Å². The van der Waals surface area contributed by atoms with Crippen molar-refractivity contribution in [3.8, 4) is 0 Å². The summed E-state index contributed by atoms with van der Waals surface area (Å²) in [6.07, 6.45) is 0. The van der Waals surface area contributed by atoms with E-state index >= 15 is 0 Å². The number of rotatable bonds is 3. The molecule has 0 saturated heterocycles. The van der Waals surface area contributed by atoms with Gasteiger partial charge in [0.15, 0.2) is 0 Å². The quantitative estimate of drug-likeness (QED) is 0.831. The van der Waals surface area contributed by atoms with Crippen LogP contribution in [0, 0.1) is 17.5 Å². The van der Waals surface area contributed by atoms with Gasteiger partial charge in [-0.1, -0.05) is 22.0 Å². The molecule has 0 bridgehead atoms. The summed E-state index contributed by atoms with van der Waals surface area (Å²) in [6.45, 7) is 1.81. The van der Waals surface area contributed by atoms with Crippen LogP contribution in [0.3, 0.4) is 0 Å². The van der Waals surface area contributed by atoms with Crippen LogP contribution in [0.2, 0.25) is 0 Å². The fourth-order valence-corrected chi connectivity index (χ4v) is 2.46. The lowest BCUT2D eigenvalue weighted by Crippen LogP contribution is -2.09. The van der Waals surface area contributed by atoms with Gasteiger partial charge in [0.25, 0.3) is 0 Å². The summed E-state index contributed by atoms with van der Waals surface area (Å²) in [7, 11) is 0. The molecule has 0 radical (unpaired) electrons. The van der Waals surface area contributed by atoms with Gasteiger partial charge in [0.05, 0.1) is 5.69 Å². The Balaban J connectivity index is 2.23. The Morgan fingerprint density at radius 2 is 1.63 bits per heavy atom. The maximum atomic E-state index is 13.5. The third-order valence-corrected chi connectivity index (χ3v) is 3.42. The summed E-state index contributed by atoms with van der Waals surface area (Å²) in [5.74, 6) is -1.64. The molecule has 2 aromatic rings. The zero-order chi connectivity index (χ0) is 14.0. The molecule has 1 N–H and O–H groups in total. The average molecular weight is 330 g/mol. The molecular weight excluding hydrogens is 319 g/mol. The van der Waals surface area contributed by atoms with E-state index in [-0.39, 0.29) is 17.5 Å². The predicted octanol–water partition coefficient (Wildman–Crippen LogP) is 5.04.